The summed E-state index contributed by atoms with van der Waals surface area (Å²) in [5.74, 6) is -0.0468. The van der Waals surface area contributed by atoms with Crippen molar-refractivity contribution in [3.8, 4) is 5.75 Å². The number of hydrogen-bond donors (Lipinski definition) is 1. The lowest BCUT2D eigenvalue weighted by Crippen LogP contribution is -2.17. The van der Waals surface area contributed by atoms with Gasteiger partial charge in [0.2, 0.25) is 0 Å². The lowest BCUT2D eigenvalue weighted by molar-refractivity contribution is -0.137. The fourth-order valence-corrected chi connectivity index (χ4v) is 5.39. The Balaban J connectivity index is 2.04. The fraction of sp³-hybridized carbons (Fsp3) is 0.100. The molecule has 0 aliphatic carbocycles. The zero-order chi connectivity index (χ0) is 20.2. The van der Waals surface area contributed by atoms with Crippen LogP contribution < -0.4 is 4.90 Å². The summed E-state index contributed by atoms with van der Waals surface area (Å²) in [6, 6.07) is 12.7. The number of para-hydroxylation sites is 1. The molecular weight excluding hydrogens is 519 g/mol. The van der Waals surface area contributed by atoms with E-state index in [9.17, 15) is 18.3 Å². The van der Waals surface area contributed by atoms with Gasteiger partial charge < -0.3 is 10.0 Å². The number of nitrogens with zero attached hydrogens (tertiary/aromatic N) is 1. The molecule has 1 aliphatic rings. The molecule has 0 amide bonds. The molecular formula is C20H12Br2F3NOS. The normalized spacial score (nSPS) is 13.3. The highest BCUT2D eigenvalue weighted by Gasteiger charge is 2.35. The molecule has 144 valence electrons. The maximum atomic E-state index is 13.4. The summed E-state index contributed by atoms with van der Waals surface area (Å²) in [4.78, 5) is 3.25. The smallest absolute Gasteiger partial charge is 0.416 e. The van der Waals surface area contributed by atoms with E-state index in [0.29, 0.717) is 30.9 Å². The van der Waals surface area contributed by atoms with Gasteiger partial charge in [-0.1, -0.05) is 39.8 Å². The van der Waals surface area contributed by atoms with E-state index in [2.05, 4.69) is 31.9 Å². The summed E-state index contributed by atoms with van der Waals surface area (Å²) >= 11 is 8.32. The first kappa shape index (κ1) is 19.7. The third-order valence-electron chi connectivity index (χ3n) is 4.48. The van der Waals surface area contributed by atoms with Crippen LogP contribution in [0.2, 0.25) is 0 Å². The average Bonchev–Trinajstić information content (AvgIpc) is 2.64. The van der Waals surface area contributed by atoms with E-state index < -0.39 is 11.7 Å². The Kier molecular flexibility index (Phi) is 4.92. The number of benzene rings is 3. The van der Waals surface area contributed by atoms with Gasteiger partial charge in [-0.3, -0.25) is 0 Å². The van der Waals surface area contributed by atoms with Crippen molar-refractivity contribution >= 4 is 60.7 Å². The highest BCUT2D eigenvalue weighted by atomic mass is 79.9. The van der Waals surface area contributed by atoms with Crippen LogP contribution in [0.5, 0.6) is 5.75 Å². The maximum Gasteiger partial charge on any atom is 0.416 e. The minimum absolute atomic E-state index is 0.0468. The van der Waals surface area contributed by atoms with Crippen LogP contribution in [0.4, 0.5) is 30.2 Å². The molecule has 1 heterocycles. The van der Waals surface area contributed by atoms with Crippen LogP contribution in [0.3, 0.4) is 0 Å². The number of anilines is 3. The predicted molar refractivity (Wildman–Crippen MR) is 112 cm³/mol. The third kappa shape index (κ3) is 3.21. The number of alkyl halides is 3. The molecule has 2 nitrogen and oxygen atoms in total. The number of phenolic OH excluding ortho intramolecular Hbond substituents is 1. The summed E-state index contributed by atoms with van der Waals surface area (Å²) in [5.41, 5.74) is 1.57. The largest absolute Gasteiger partial charge is 0.506 e. The molecule has 1 N–H and O–H groups in total. The first-order valence-corrected chi connectivity index (χ1v) is 10.5. The molecule has 0 bridgehead atoms. The fourth-order valence-electron chi connectivity index (χ4n) is 3.08. The second kappa shape index (κ2) is 7.00. The third-order valence-corrected chi connectivity index (χ3v) is 7.40. The van der Waals surface area contributed by atoms with Crippen LogP contribution in [0.25, 0.3) is 0 Å². The Labute approximate surface area is 180 Å². The first-order chi connectivity index (χ1) is 13.2. The summed E-state index contributed by atoms with van der Waals surface area (Å²) in [5, 5.41) is 10.7. The number of fused-ring (bicyclic) bond motifs is 2. The van der Waals surface area contributed by atoms with Crippen molar-refractivity contribution in [3.63, 3.8) is 0 Å². The van der Waals surface area contributed by atoms with Crippen molar-refractivity contribution in [1.82, 2.24) is 0 Å². The molecule has 0 spiro atoms. The molecule has 0 fully saturated rings. The molecule has 0 saturated heterocycles. The maximum absolute atomic E-state index is 13.4. The summed E-state index contributed by atoms with van der Waals surface area (Å²) < 4.78 is 41.4. The van der Waals surface area contributed by atoms with Crippen LogP contribution in [-0.4, -0.2) is 5.11 Å². The van der Waals surface area contributed by atoms with Gasteiger partial charge in [0.1, 0.15) is 11.4 Å². The van der Waals surface area contributed by atoms with Gasteiger partial charge in [-0.2, -0.15) is 13.2 Å². The molecule has 0 unspecified atom stereocenters. The summed E-state index contributed by atoms with van der Waals surface area (Å²) in [6.07, 6.45) is -4.46. The quantitative estimate of drug-likeness (QED) is 0.268. The van der Waals surface area contributed by atoms with Gasteiger partial charge in [0.25, 0.3) is 0 Å². The molecule has 0 saturated carbocycles. The van der Waals surface area contributed by atoms with E-state index >= 15 is 0 Å². The lowest BCUT2D eigenvalue weighted by Gasteiger charge is -2.34. The monoisotopic (exact) mass is 529 g/mol. The SMILES string of the molecule is Cc1c(Br)cc(O)c(N2c3ccccc3Sc3ccc(C(F)(F)F)cc32)c1Br. The Morgan fingerprint density at radius 1 is 0.964 bits per heavy atom. The highest BCUT2D eigenvalue weighted by molar-refractivity contribution is 9.11. The minimum atomic E-state index is -4.46. The van der Waals surface area contributed by atoms with E-state index in [4.69, 9.17) is 0 Å². The molecule has 0 radical (unpaired) electrons. The van der Waals surface area contributed by atoms with E-state index in [1.807, 2.05) is 31.2 Å². The van der Waals surface area contributed by atoms with Crippen molar-refractivity contribution in [2.24, 2.45) is 0 Å². The van der Waals surface area contributed by atoms with Crippen LogP contribution >= 0.6 is 43.6 Å². The standard InChI is InChI=1S/C20H12Br2F3NOS/c1-10-12(21)9-15(27)19(18(10)22)26-13-4-2-3-5-16(13)28-17-7-6-11(8-14(17)26)20(23,24)25/h2-9,27H,1H3. The number of phenols is 1. The average molecular weight is 531 g/mol. The Hall–Kier alpha value is -1.64. The van der Waals surface area contributed by atoms with Gasteiger partial charge in [0.15, 0.2) is 0 Å². The number of halogens is 5. The van der Waals surface area contributed by atoms with Gasteiger partial charge in [-0.25, -0.2) is 0 Å². The van der Waals surface area contributed by atoms with E-state index in [0.717, 1.165) is 22.6 Å². The Morgan fingerprint density at radius 3 is 2.36 bits per heavy atom. The Morgan fingerprint density at radius 2 is 1.64 bits per heavy atom. The van der Waals surface area contributed by atoms with Gasteiger partial charge in [0.05, 0.1) is 16.9 Å². The number of rotatable bonds is 1. The van der Waals surface area contributed by atoms with Gasteiger partial charge in [-0.15, -0.1) is 0 Å². The number of aromatic hydroxyl groups is 1. The van der Waals surface area contributed by atoms with Crippen LogP contribution in [0.1, 0.15) is 11.1 Å². The van der Waals surface area contributed by atoms with Crippen molar-refractivity contribution in [1.29, 1.82) is 0 Å². The molecule has 0 aromatic heterocycles. The van der Waals surface area contributed by atoms with Gasteiger partial charge >= 0.3 is 6.18 Å². The molecule has 8 heteroatoms. The molecule has 1 aliphatic heterocycles. The molecule has 28 heavy (non-hydrogen) atoms. The van der Waals surface area contributed by atoms with Crippen molar-refractivity contribution in [3.05, 3.63) is 68.6 Å². The molecule has 3 aromatic carbocycles. The molecule has 0 atom stereocenters. The predicted octanol–water partition coefficient (Wildman–Crippen LogP) is 8.18. The van der Waals surface area contributed by atoms with Crippen molar-refractivity contribution < 1.29 is 18.3 Å². The number of hydrogen-bond acceptors (Lipinski definition) is 3. The van der Waals surface area contributed by atoms with Crippen LogP contribution in [0, 0.1) is 6.92 Å². The molecule has 4 rings (SSSR count). The highest BCUT2D eigenvalue weighted by Crippen LogP contribution is 2.56. The topological polar surface area (TPSA) is 23.5 Å². The van der Waals surface area contributed by atoms with E-state index in [1.54, 1.807) is 11.0 Å². The van der Waals surface area contributed by atoms with Crippen LogP contribution in [-0.2, 0) is 6.18 Å². The zero-order valence-corrected chi connectivity index (χ0v) is 18.3. The van der Waals surface area contributed by atoms with E-state index in [1.165, 1.54) is 17.8 Å². The van der Waals surface area contributed by atoms with Gasteiger partial charge in [-0.05, 0) is 64.8 Å². The molecule has 3 aromatic rings. The minimum Gasteiger partial charge on any atom is -0.506 e. The Bertz CT molecular complexity index is 1100. The van der Waals surface area contributed by atoms with Gasteiger partial charge in [0, 0.05) is 18.7 Å². The lowest BCUT2D eigenvalue weighted by atomic mass is 10.1. The summed E-state index contributed by atoms with van der Waals surface area (Å²) in [7, 11) is 0. The van der Waals surface area contributed by atoms with E-state index in [-0.39, 0.29) is 5.75 Å². The second-order valence-electron chi connectivity index (χ2n) is 6.25. The summed E-state index contributed by atoms with van der Waals surface area (Å²) in [6.45, 7) is 1.86. The zero-order valence-electron chi connectivity index (χ0n) is 14.3. The van der Waals surface area contributed by atoms with Crippen molar-refractivity contribution in [2.45, 2.75) is 22.9 Å². The van der Waals surface area contributed by atoms with Crippen molar-refractivity contribution in [2.75, 3.05) is 4.90 Å². The van der Waals surface area contributed by atoms with Crippen LogP contribution in [0.15, 0.2) is 67.3 Å². The second-order valence-corrected chi connectivity index (χ2v) is 8.98. The first-order valence-electron chi connectivity index (χ1n) is 8.14.